The van der Waals surface area contributed by atoms with Gasteiger partial charge in [-0.25, -0.2) is 4.98 Å². The lowest BCUT2D eigenvalue weighted by molar-refractivity contribution is -0.121. The molecule has 0 bridgehead atoms. The van der Waals surface area contributed by atoms with E-state index < -0.39 is 0 Å². The number of benzene rings is 1. The molecule has 1 aliphatic heterocycles. The SMILES string of the molecule is COc1ccc(OC)c(-c2csc(NC(=O)C3CCN(C(=O)c4ccco4)CC3)n2)c1. The summed E-state index contributed by atoms with van der Waals surface area (Å²) in [6.45, 7) is 1.03. The normalized spacial score (nSPS) is 14.3. The summed E-state index contributed by atoms with van der Waals surface area (Å²) in [5.74, 6) is 1.32. The van der Waals surface area contributed by atoms with E-state index in [1.165, 1.54) is 17.6 Å². The minimum absolute atomic E-state index is 0.0800. The maximum Gasteiger partial charge on any atom is 0.289 e. The summed E-state index contributed by atoms with van der Waals surface area (Å²) in [4.78, 5) is 31.4. The first-order chi connectivity index (χ1) is 15.1. The van der Waals surface area contributed by atoms with Crippen molar-refractivity contribution in [1.29, 1.82) is 0 Å². The summed E-state index contributed by atoms with van der Waals surface area (Å²) in [7, 11) is 3.20. The fourth-order valence-electron chi connectivity index (χ4n) is 3.58. The van der Waals surface area contributed by atoms with E-state index in [-0.39, 0.29) is 17.7 Å². The zero-order valence-corrected chi connectivity index (χ0v) is 18.1. The number of ether oxygens (including phenoxy) is 2. The van der Waals surface area contributed by atoms with E-state index in [2.05, 4.69) is 10.3 Å². The molecule has 2 aromatic heterocycles. The van der Waals surface area contributed by atoms with Crippen LogP contribution in [-0.4, -0.2) is 49.0 Å². The first kappa shape index (κ1) is 20.9. The van der Waals surface area contributed by atoms with Crippen LogP contribution in [0.4, 0.5) is 5.13 Å². The van der Waals surface area contributed by atoms with Gasteiger partial charge in [0.05, 0.1) is 26.2 Å². The number of likely N-dealkylation sites (tertiary alicyclic amines) is 1. The summed E-state index contributed by atoms with van der Waals surface area (Å²) in [6, 6.07) is 8.84. The lowest BCUT2D eigenvalue weighted by Crippen LogP contribution is -2.41. The van der Waals surface area contributed by atoms with Crippen LogP contribution in [0.3, 0.4) is 0 Å². The van der Waals surface area contributed by atoms with Gasteiger partial charge in [-0.1, -0.05) is 0 Å². The largest absolute Gasteiger partial charge is 0.497 e. The second kappa shape index (κ2) is 9.22. The maximum atomic E-state index is 12.7. The minimum Gasteiger partial charge on any atom is -0.497 e. The van der Waals surface area contributed by atoms with E-state index in [4.69, 9.17) is 13.9 Å². The summed E-state index contributed by atoms with van der Waals surface area (Å²) >= 11 is 1.36. The van der Waals surface area contributed by atoms with E-state index >= 15 is 0 Å². The molecule has 0 saturated carbocycles. The molecule has 0 spiro atoms. The standard InChI is InChI=1S/C22H23N3O5S/c1-28-15-5-6-18(29-2)16(12-15)17-13-31-22(23-17)24-20(26)14-7-9-25(10-8-14)21(27)19-4-3-11-30-19/h3-6,11-14H,7-10H2,1-2H3,(H,23,24,26). The number of methoxy groups -OCH3 is 2. The number of nitrogens with one attached hydrogen (secondary N) is 1. The number of carbonyl (C=O) groups excluding carboxylic acids is 2. The van der Waals surface area contributed by atoms with Crippen LogP contribution < -0.4 is 14.8 Å². The smallest absolute Gasteiger partial charge is 0.289 e. The minimum atomic E-state index is -0.167. The highest BCUT2D eigenvalue weighted by molar-refractivity contribution is 7.14. The van der Waals surface area contributed by atoms with E-state index in [1.807, 2.05) is 23.6 Å². The molecular weight excluding hydrogens is 418 g/mol. The van der Waals surface area contributed by atoms with Crippen LogP contribution in [0.25, 0.3) is 11.3 Å². The second-order valence-corrected chi connectivity index (χ2v) is 8.00. The van der Waals surface area contributed by atoms with Crippen molar-refractivity contribution in [3.05, 3.63) is 47.7 Å². The Morgan fingerprint density at radius 3 is 2.68 bits per heavy atom. The van der Waals surface area contributed by atoms with E-state index in [0.717, 1.165) is 5.56 Å². The summed E-state index contributed by atoms with van der Waals surface area (Å²) in [5, 5.41) is 5.31. The molecule has 4 rings (SSSR count). The summed E-state index contributed by atoms with van der Waals surface area (Å²) < 4.78 is 15.9. The van der Waals surface area contributed by atoms with Crippen molar-refractivity contribution in [3.63, 3.8) is 0 Å². The number of thiazole rings is 1. The van der Waals surface area contributed by atoms with Gasteiger partial charge in [-0.15, -0.1) is 11.3 Å². The molecule has 162 valence electrons. The number of hydrogen-bond donors (Lipinski definition) is 1. The molecule has 0 aliphatic carbocycles. The molecule has 0 radical (unpaired) electrons. The molecule has 1 fully saturated rings. The van der Waals surface area contributed by atoms with E-state index in [1.54, 1.807) is 31.3 Å². The number of anilines is 1. The van der Waals surface area contributed by atoms with Crippen LogP contribution in [0, 0.1) is 5.92 Å². The number of nitrogens with zero attached hydrogens (tertiary/aromatic N) is 2. The molecule has 8 nitrogen and oxygen atoms in total. The lowest BCUT2D eigenvalue weighted by atomic mass is 9.96. The fraction of sp³-hybridized carbons (Fsp3) is 0.318. The van der Waals surface area contributed by atoms with Gasteiger partial charge >= 0.3 is 0 Å². The molecule has 3 aromatic rings. The average molecular weight is 442 g/mol. The van der Waals surface area contributed by atoms with Gasteiger partial charge in [0.15, 0.2) is 10.9 Å². The van der Waals surface area contributed by atoms with Gasteiger partial charge < -0.3 is 24.1 Å². The molecule has 1 saturated heterocycles. The van der Waals surface area contributed by atoms with E-state index in [9.17, 15) is 9.59 Å². The van der Waals surface area contributed by atoms with Crippen molar-refractivity contribution in [3.8, 4) is 22.8 Å². The molecular formula is C22H23N3O5S. The molecule has 9 heteroatoms. The highest BCUT2D eigenvalue weighted by atomic mass is 32.1. The fourth-order valence-corrected chi connectivity index (χ4v) is 4.29. The second-order valence-electron chi connectivity index (χ2n) is 7.14. The highest BCUT2D eigenvalue weighted by Crippen LogP contribution is 2.35. The predicted molar refractivity (Wildman–Crippen MR) is 117 cm³/mol. The first-order valence-electron chi connectivity index (χ1n) is 9.90. The number of rotatable bonds is 6. The van der Waals surface area contributed by atoms with Crippen LogP contribution in [0.2, 0.25) is 0 Å². The van der Waals surface area contributed by atoms with Crippen molar-refractivity contribution in [2.24, 2.45) is 5.92 Å². The summed E-state index contributed by atoms with van der Waals surface area (Å²) in [6.07, 6.45) is 2.68. The summed E-state index contributed by atoms with van der Waals surface area (Å²) in [5.41, 5.74) is 1.50. The number of piperidine rings is 1. The van der Waals surface area contributed by atoms with Gasteiger partial charge in [0.2, 0.25) is 5.91 Å². The number of amides is 2. The number of carbonyl (C=O) groups is 2. The van der Waals surface area contributed by atoms with Gasteiger partial charge in [0.25, 0.3) is 5.91 Å². The highest BCUT2D eigenvalue weighted by Gasteiger charge is 2.29. The predicted octanol–water partition coefficient (Wildman–Crippen LogP) is 3.91. The van der Waals surface area contributed by atoms with E-state index in [0.29, 0.717) is 54.0 Å². The molecule has 0 atom stereocenters. The van der Waals surface area contributed by atoms with Crippen molar-refractivity contribution in [2.45, 2.75) is 12.8 Å². The molecule has 3 heterocycles. The van der Waals surface area contributed by atoms with Crippen molar-refractivity contribution in [1.82, 2.24) is 9.88 Å². The van der Waals surface area contributed by atoms with Gasteiger partial charge in [0, 0.05) is 30.0 Å². The number of hydrogen-bond acceptors (Lipinski definition) is 7. The lowest BCUT2D eigenvalue weighted by Gasteiger charge is -2.30. The zero-order chi connectivity index (χ0) is 21.8. The molecule has 2 amide bonds. The first-order valence-corrected chi connectivity index (χ1v) is 10.8. The topological polar surface area (TPSA) is 93.9 Å². The van der Waals surface area contributed by atoms with Gasteiger partial charge in [-0.2, -0.15) is 0 Å². The van der Waals surface area contributed by atoms with Crippen LogP contribution in [0.15, 0.2) is 46.4 Å². The Hall–Kier alpha value is -3.33. The van der Waals surface area contributed by atoms with Gasteiger partial charge in [-0.05, 0) is 43.2 Å². The van der Waals surface area contributed by atoms with Crippen molar-refractivity contribution >= 4 is 28.3 Å². The Morgan fingerprint density at radius 1 is 1.19 bits per heavy atom. The van der Waals surface area contributed by atoms with Crippen LogP contribution >= 0.6 is 11.3 Å². The molecule has 0 unspecified atom stereocenters. The number of furan rings is 1. The third kappa shape index (κ3) is 4.56. The van der Waals surface area contributed by atoms with Gasteiger partial charge in [-0.3, -0.25) is 9.59 Å². The Labute approximate surface area is 183 Å². The van der Waals surface area contributed by atoms with Crippen molar-refractivity contribution < 1.29 is 23.5 Å². The van der Waals surface area contributed by atoms with Crippen molar-refractivity contribution in [2.75, 3.05) is 32.6 Å². The Balaban J connectivity index is 1.37. The van der Waals surface area contributed by atoms with Crippen LogP contribution in [0.1, 0.15) is 23.4 Å². The Morgan fingerprint density at radius 2 is 2.00 bits per heavy atom. The quantitative estimate of drug-likeness (QED) is 0.623. The molecule has 31 heavy (non-hydrogen) atoms. The number of aromatic nitrogens is 1. The Bertz CT molecular complexity index is 1060. The average Bonchev–Trinajstić information content (AvgIpc) is 3.51. The van der Waals surface area contributed by atoms with Gasteiger partial charge in [0.1, 0.15) is 11.5 Å². The van der Waals surface area contributed by atoms with Crippen LogP contribution in [-0.2, 0) is 4.79 Å². The Kier molecular flexibility index (Phi) is 6.22. The zero-order valence-electron chi connectivity index (χ0n) is 17.3. The maximum absolute atomic E-state index is 12.7. The third-order valence-electron chi connectivity index (χ3n) is 5.30. The molecule has 1 N–H and O–H groups in total. The third-order valence-corrected chi connectivity index (χ3v) is 6.06. The molecule has 1 aliphatic rings. The molecule has 1 aromatic carbocycles. The van der Waals surface area contributed by atoms with Crippen LogP contribution in [0.5, 0.6) is 11.5 Å². The monoisotopic (exact) mass is 441 g/mol.